The number of benzene rings is 5. The maximum atomic E-state index is 7.68. The van der Waals surface area contributed by atoms with Crippen LogP contribution in [0.5, 0.6) is 0 Å². The molecule has 348 valence electrons. The Morgan fingerprint density at radius 2 is 0.970 bits per heavy atom. The van der Waals surface area contributed by atoms with Gasteiger partial charge in [-0.2, -0.15) is 0 Å². The number of rotatable bonds is 3. The van der Waals surface area contributed by atoms with E-state index in [0.29, 0.717) is 0 Å². The van der Waals surface area contributed by atoms with E-state index in [-0.39, 0.29) is 44.6 Å². The predicted octanol–water partition coefficient (Wildman–Crippen LogP) is 15.7. The molecule has 0 atom stereocenters. The molecule has 0 radical (unpaired) electrons. The number of aryl methyl sites for hydroxylation is 2. The lowest BCUT2D eigenvalue weighted by Crippen LogP contribution is -2.61. The summed E-state index contributed by atoms with van der Waals surface area (Å²) < 4.78 is 7.68. The van der Waals surface area contributed by atoms with Gasteiger partial charge in [-0.05, 0) is 199 Å². The summed E-state index contributed by atoms with van der Waals surface area (Å²) in [6.07, 6.45) is 8.00. The van der Waals surface area contributed by atoms with Crippen molar-refractivity contribution in [1.82, 2.24) is 0 Å². The fraction of sp³-hybridized carbons (Fsp3) is 0.492. The monoisotopic (exact) mass is 889 g/mol. The maximum Gasteiger partial charge on any atom is 0.297 e. The van der Waals surface area contributed by atoms with Crippen LogP contribution in [0.25, 0.3) is 11.0 Å². The predicted molar refractivity (Wildman–Crippen MR) is 289 cm³/mol. The molecule has 3 aliphatic carbocycles. The summed E-state index contributed by atoms with van der Waals surface area (Å²) in [6.45, 7) is 41.2. The lowest BCUT2D eigenvalue weighted by Gasteiger charge is -2.47. The van der Waals surface area contributed by atoms with E-state index >= 15 is 0 Å². The Hall–Kier alpha value is -4.70. The molecule has 6 aromatic rings. The van der Waals surface area contributed by atoms with E-state index in [0.717, 1.165) is 17.7 Å². The van der Waals surface area contributed by atoms with Gasteiger partial charge < -0.3 is 14.2 Å². The van der Waals surface area contributed by atoms with E-state index in [1.54, 1.807) is 0 Å². The van der Waals surface area contributed by atoms with Crippen LogP contribution in [0.4, 0.5) is 34.1 Å². The first-order valence-electron chi connectivity index (χ1n) is 26.0. The van der Waals surface area contributed by atoms with E-state index in [1.807, 2.05) is 0 Å². The molecule has 3 heterocycles. The van der Waals surface area contributed by atoms with Crippen LogP contribution < -0.4 is 26.4 Å². The first-order valence-corrected chi connectivity index (χ1v) is 26.0. The smallest absolute Gasteiger partial charge is 0.297 e. The van der Waals surface area contributed by atoms with Gasteiger partial charge in [0, 0.05) is 33.8 Å². The largest absolute Gasteiger partial charge is 0.468 e. The van der Waals surface area contributed by atoms with Gasteiger partial charge in [0.25, 0.3) is 6.71 Å². The number of fused-ring (bicyclic) bond motifs is 9. The standard InChI is InChI=1S/C63H77BN2O/c1-18-38-30-51-54-52(31-38)66(49-34-45-42(29-37(49)2)58(6,7)23-26-61(45,12)13)50-35-46-44(60(10,11)25-27-62(46,14)15)33-48(50)64(54)56-55(65(51)40-21-19-39(20-22-40)57(3,4)5)41-32-43-47(36-53(41)67-56)63(16,17)28-24-59(43,8)9/h19-22,29-36H,18,23-28H2,1-17H3. The fourth-order valence-corrected chi connectivity index (χ4v) is 13.5. The summed E-state index contributed by atoms with van der Waals surface area (Å²) >= 11 is 0. The minimum atomic E-state index is -0.0906. The second-order valence-electron chi connectivity index (χ2n) is 27.0. The van der Waals surface area contributed by atoms with Crippen LogP contribution in [0.1, 0.15) is 199 Å². The molecule has 4 heteroatoms. The van der Waals surface area contributed by atoms with Gasteiger partial charge in [-0.15, -0.1) is 0 Å². The molecule has 0 unspecified atom stereocenters. The minimum absolute atomic E-state index is 0.0413. The third kappa shape index (κ3) is 6.49. The fourth-order valence-electron chi connectivity index (χ4n) is 13.5. The number of furan rings is 1. The molecule has 0 saturated carbocycles. The van der Waals surface area contributed by atoms with Crippen LogP contribution in [-0.2, 0) is 44.3 Å². The molecule has 5 aromatic carbocycles. The van der Waals surface area contributed by atoms with Crippen LogP contribution >= 0.6 is 0 Å². The van der Waals surface area contributed by atoms with Gasteiger partial charge >= 0.3 is 0 Å². The SMILES string of the molecule is CCc1cc2c3c(c1)N(c1ccc(C(C)(C)C)cc1)c1c(oc4cc5c(cc14)C(C)(C)CCC5(C)C)B3c1cc3c(cc1N2c1cc2c(cc1C)C(C)(C)CCC2(C)C)C(C)(C)CCC3(C)C. The highest BCUT2D eigenvalue weighted by Gasteiger charge is 2.50. The molecule has 0 N–H and O–H groups in total. The highest BCUT2D eigenvalue weighted by molar-refractivity contribution is 7.00. The molecule has 0 bridgehead atoms. The van der Waals surface area contributed by atoms with Crippen molar-refractivity contribution in [2.24, 2.45) is 0 Å². The second-order valence-corrected chi connectivity index (χ2v) is 27.0. The maximum absolute atomic E-state index is 7.68. The van der Waals surface area contributed by atoms with Gasteiger partial charge in [-0.3, -0.25) is 0 Å². The van der Waals surface area contributed by atoms with Gasteiger partial charge in [0.15, 0.2) is 0 Å². The molecule has 67 heavy (non-hydrogen) atoms. The van der Waals surface area contributed by atoms with Crippen molar-refractivity contribution in [2.45, 2.75) is 201 Å². The van der Waals surface area contributed by atoms with Crippen molar-refractivity contribution in [3.63, 3.8) is 0 Å². The zero-order chi connectivity index (χ0) is 47.9. The lowest BCUT2D eigenvalue weighted by atomic mass is 9.35. The molecular formula is C63H77BN2O. The average molecular weight is 889 g/mol. The summed E-state index contributed by atoms with van der Waals surface area (Å²) in [5.74, 6) is 0. The average Bonchev–Trinajstić information content (AvgIpc) is 3.63. The first kappa shape index (κ1) is 44.8. The molecule has 3 nitrogen and oxygen atoms in total. The summed E-state index contributed by atoms with van der Waals surface area (Å²) in [4.78, 5) is 5.35. The van der Waals surface area contributed by atoms with Gasteiger partial charge in [-0.25, -0.2) is 0 Å². The Morgan fingerprint density at radius 1 is 0.522 bits per heavy atom. The van der Waals surface area contributed by atoms with Crippen LogP contribution in [0.3, 0.4) is 0 Å². The quantitative estimate of drug-likeness (QED) is 0.165. The zero-order valence-corrected chi connectivity index (χ0v) is 44.3. The topological polar surface area (TPSA) is 19.6 Å². The molecule has 0 fully saturated rings. The number of nitrogens with zero attached hydrogens (tertiary/aromatic N) is 2. The minimum Gasteiger partial charge on any atom is -0.468 e. The molecular weight excluding hydrogens is 812 g/mol. The van der Waals surface area contributed by atoms with Gasteiger partial charge in [0.2, 0.25) is 0 Å². The normalized spacial score (nSPS) is 20.9. The Bertz CT molecular complexity index is 3070. The molecule has 2 aliphatic heterocycles. The van der Waals surface area contributed by atoms with Crippen LogP contribution in [0.2, 0.25) is 0 Å². The zero-order valence-electron chi connectivity index (χ0n) is 44.3. The van der Waals surface area contributed by atoms with Crippen LogP contribution in [0.15, 0.2) is 77.2 Å². The van der Waals surface area contributed by atoms with Gasteiger partial charge in [0.1, 0.15) is 5.58 Å². The van der Waals surface area contributed by atoms with Gasteiger partial charge in [-0.1, -0.05) is 135 Å². The Morgan fingerprint density at radius 3 is 1.48 bits per heavy atom. The second kappa shape index (κ2) is 14.0. The van der Waals surface area contributed by atoms with Crippen molar-refractivity contribution < 1.29 is 4.42 Å². The Labute approximate surface area is 404 Å². The summed E-state index contributed by atoms with van der Waals surface area (Å²) in [7, 11) is 0. The number of hydrogen-bond donors (Lipinski definition) is 0. The van der Waals surface area contributed by atoms with Crippen LogP contribution in [0, 0.1) is 6.92 Å². The third-order valence-electron chi connectivity index (χ3n) is 18.5. The van der Waals surface area contributed by atoms with E-state index < -0.39 is 0 Å². The molecule has 0 amide bonds. The van der Waals surface area contributed by atoms with Crippen molar-refractivity contribution in [3.05, 3.63) is 123 Å². The van der Waals surface area contributed by atoms with Crippen LogP contribution in [-0.4, -0.2) is 6.71 Å². The Balaban J connectivity index is 1.29. The molecule has 11 rings (SSSR count). The Kier molecular flexibility index (Phi) is 9.34. The van der Waals surface area contributed by atoms with Crippen molar-refractivity contribution >= 4 is 68.4 Å². The van der Waals surface area contributed by atoms with Crippen molar-refractivity contribution in [3.8, 4) is 0 Å². The molecule has 0 spiro atoms. The van der Waals surface area contributed by atoms with E-state index in [9.17, 15) is 0 Å². The van der Waals surface area contributed by atoms with Gasteiger partial charge in [0.05, 0.1) is 11.3 Å². The highest BCUT2D eigenvalue weighted by Crippen LogP contribution is 2.55. The van der Waals surface area contributed by atoms with E-state index in [4.69, 9.17) is 4.42 Å². The summed E-state index contributed by atoms with van der Waals surface area (Å²) in [5, 5.41) is 1.23. The number of hydrogen-bond acceptors (Lipinski definition) is 3. The van der Waals surface area contributed by atoms with E-state index in [1.165, 1.54) is 139 Å². The highest BCUT2D eigenvalue weighted by atomic mass is 16.3. The lowest BCUT2D eigenvalue weighted by molar-refractivity contribution is 0.331. The van der Waals surface area contributed by atoms with Crippen molar-refractivity contribution in [2.75, 3.05) is 9.80 Å². The first-order chi connectivity index (χ1) is 31.1. The van der Waals surface area contributed by atoms with E-state index in [2.05, 4.69) is 200 Å². The molecule has 1 aromatic heterocycles. The number of anilines is 6. The summed E-state index contributed by atoms with van der Waals surface area (Å²) in [5.41, 5.74) is 25.8. The third-order valence-corrected chi connectivity index (χ3v) is 18.5. The summed E-state index contributed by atoms with van der Waals surface area (Å²) in [6, 6.07) is 30.1. The van der Waals surface area contributed by atoms with Crippen molar-refractivity contribution in [1.29, 1.82) is 0 Å². The molecule has 0 saturated heterocycles. The molecule has 5 aliphatic rings.